The van der Waals surface area contributed by atoms with E-state index in [1.165, 1.54) is 10.6 Å². The molecule has 1 heterocycles. The van der Waals surface area contributed by atoms with Crippen molar-refractivity contribution in [2.45, 2.75) is 0 Å². The minimum atomic E-state index is -0.664. The van der Waals surface area contributed by atoms with E-state index in [1.807, 2.05) is 6.07 Å². The molecule has 0 atom stereocenters. The highest BCUT2D eigenvalue weighted by atomic mass is 19.1. The minimum absolute atomic E-state index is 0.0880. The van der Waals surface area contributed by atoms with Crippen LogP contribution < -0.4 is 11.3 Å². The van der Waals surface area contributed by atoms with Gasteiger partial charge >= 0.3 is 0 Å². The molecule has 0 radical (unpaired) electrons. The summed E-state index contributed by atoms with van der Waals surface area (Å²) >= 11 is 0. The predicted octanol–water partition coefficient (Wildman–Crippen LogP) is 1.65. The van der Waals surface area contributed by atoms with Crippen LogP contribution in [0.15, 0.2) is 35.3 Å². The van der Waals surface area contributed by atoms with Crippen molar-refractivity contribution < 1.29 is 4.39 Å². The van der Waals surface area contributed by atoms with Crippen LogP contribution in [0.4, 0.5) is 10.1 Å². The number of nitrogen functional groups attached to an aromatic ring is 1. The Morgan fingerprint density at radius 2 is 2.11 bits per heavy atom. The third-order valence-corrected chi connectivity index (χ3v) is 2.67. The van der Waals surface area contributed by atoms with Crippen LogP contribution in [0, 0.1) is 17.1 Å². The zero-order valence-corrected chi connectivity index (χ0v) is 9.64. The van der Waals surface area contributed by atoms with Crippen LogP contribution in [-0.4, -0.2) is 4.57 Å². The summed E-state index contributed by atoms with van der Waals surface area (Å²) in [5.74, 6) is -0.664. The Balaban J connectivity index is 2.80. The quantitative estimate of drug-likeness (QED) is 0.774. The van der Waals surface area contributed by atoms with Crippen LogP contribution in [0.1, 0.15) is 5.56 Å². The van der Waals surface area contributed by atoms with Gasteiger partial charge in [0, 0.05) is 24.4 Å². The minimum Gasteiger partial charge on any atom is -0.396 e. The van der Waals surface area contributed by atoms with Gasteiger partial charge in [-0.2, -0.15) is 5.26 Å². The first-order valence-corrected chi connectivity index (χ1v) is 5.19. The van der Waals surface area contributed by atoms with Crippen molar-refractivity contribution >= 4 is 5.69 Å². The molecule has 2 rings (SSSR count). The normalized spacial score (nSPS) is 10.1. The van der Waals surface area contributed by atoms with Crippen LogP contribution in [0.3, 0.4) is 0 Å². The molecule has 0 aliphatic carbocycles. The van der Waals surface area contributed by atoms with Crippen molar-refractivity contribution in [1.29, 1.82) is 5.26 Å². The zero-order chi connectivity index (χ0) is 13.3. The van der Waals surface area contributed by atoms with Gasteiger partial charge in [0.25, 0.3) is 5.56 Å². The SMILES string of the molecule is Cn1cccc(-c2cc(N)c(F)cc2C#N)c1=O. The van der Waals surface area contributed by atoms with Gasteiger partial charge in [0.15, 0.2) is 0 Å². The molecular weight excluding hydrogens is 233 g/mol. The van der Waals surface area contributed by atoms with Gasteiger partial charge in [-0.15, -0.1) is 0 Å². The smallest absolute Gasteiger partial charge is 0.258 e. The van der Waals surface area contributed by atoms with Gasteiger partial charge in [0.05, 0.1) is 17.3 Å². The van der Waals surface area contributed by atoms with E-state index < -0.39 is 5.82 Å². The maximum Gasteiger partial charge on any atom is 0.258 e. The van der Waals surface area contributed by atoms with Gasteiger partial charge in [-0.05, 0) is 24.3 Å². The van der Waals surface area contributed by atoms with Crippen LogP contribution in [-0.2, 0) is 7.05 Å². The Labute approximate surface area is 103 Å². The maximum absolute atomic E-state index is 13.3. The van der Waals surface area contributed by atoms with Crippen molar-refractivity contribution in [2.75, 3.05) is 5.73 Å². The third kappa shape index (κ3) is 1.84. The lowest BCUT2D eigenvalue weighted by molar-refractivity contribution is 0.632. The van der Waals surface area contributed by atoms with Gasteiger partial charge in [-0.3, -0.25) is 4.79 Å². The summed E-state index contributed by atoms with van der Waals surface area (Å²) in [7, 11) is 1.60. The number of nitrogens with zero attached hydrogens (tertiary/aromatic N) is 2. The number of pyridine rings is 1. The van der Waals surface area contributed by atoms with Crippen molar-refractivity contribution in [3.63, 3.8) is 0 Å². The number of rotatable bonds is 1. The molecule has 5 heteroatoms. The second-order valence-corrected chi connectivity index (χ2v) is 3.87. The summed E-state index contributed by atoms with van der Waals surface area (Å²) in [4.78, 5) is 12.0. The van der Waals surface area contributed by atoms with E-state index in [9.17, 15) is 9.18 Å². The molecule has 0 saturated heterocycles. The first-order valence-electron chi connectivity index (χ1n) is 5.19. The molecule has 2 N–H and O–H groups in total. The fourth-order valence-corrected chi connectivity index (χ4v) is 1.71. The van der Waals surface area contributed by atoms with Crippen molar-refractivity contribution in [2.24, 2.45) is 7.05 Å². The van der Waals surface area contributed by atoms with E-state index in [2.05, 4.69) is 0 Å². The number of halogens is 1. The molecule has 0 aliphatic heterocycles. The standard InChI is InChI=1S/C13H10FN3O/c1-17-4-2-3-9(13(17)18)10-6-12(16)11(14)5-8(10)7-15/h2-6H,16H2,1H3. The Morgan fingerprint density at radius 3 is 2.78 bits per heavy atom. The number of aromatic nitrogens is 1. The van der Waals surface area contributed by atoms with Crippen molar-refractivity contribution in [1.82, 2.24) is 4.57 Å². The van der Waals surface area contributed by atoms with Crippen LogP contribution in [0.2, 0.25) is 0 Å². The van der Waals surface area contributed by atoms with E-state index in [1.54, 1.807) is 25.4 Å². The molecule has 1 aromatic heterocycles. The van der Waals surface area contributed by atoms with Gasteiger partial charge in [-0.25, -0.2) is 4.39 Å². The number of benzene rings is 1. The predicted molar refractivity (Wildman–Crippen MR) is 66.2 cm³/mol. The number of nitriles is 1. The lowest BCUT2D eigenvalue weighted by atomic mass is 10.0. The van der Waals surface area contributed by atoms with E-state index >= 15 is 0 Å². The van der Waals surface area contributed by atoms with Gasteiger partial charge < -0.3 is 10.3 Å². The topological polar surface area (TPSA) is 71.8 Å². The number of anilines is 1. The fourth-order valence-electron chi connectivity index (χ4n) is 1.71. The first kappa shape index (κ1) is 11.9. The molecular formula is C13H10FN3O. The number of hydrogen-bond donors (Lipinski definition) is 1. The summed E-state index contributed by atoms with van der Waals surface area (Å²) in [6.07, 6.45) is 1.60. The van der Waals surface area contributed by atoms with E-state index in [4.69, 9.17) is 11.0 Å². The van der Waals surface area contributed by atoms with E-state index in [0.717, 1.165) is 6.07 Å². The summed E-state index contributed by atoms with van der Waals surface area (Å²) in [6, 6.07) is 7.47. The Hall–Kier alpha value is -2.61. The number of aryl methyl sites for hydroxylation is 1. The zero-order valence-electron chi connectivity index (χ0n) is 9.64. The maximum atomic E-state index is 13.3. The average molecular weight is 243 g/mol. The highest BCUT2D eigenvalue weighted by Gasteiger charge is 2.12. The molecule has 4 nitrogen and oxygen atoms in total. The highest BCUT2D eigenvalue weighted by molar-refractivity contribution is 5.73. The van der Waals surface area contributed by atoms with Crippen molar-refractivity contribution in [3.8, 4) is 17.2 Å². The van der Waals surface area contributed by atoms with Crippen LogP contribution in [0.5, 0.6) is 0 Å². The summed E-state index contributed by atoms with van der Waals surface area (Å²) in [6.45, 7) is 0. The molecule has 0 fully saturated rings. The third-order valence-electron chi connectivity index (χ3n) is 2.67. The van der Waals surface area contributed by atoms with Gasteiger partial charge in [-0.1, -0.05) is 0 Å². The Kier molecular flexibility index (Phi) is 2.86. The van der Waals surface area contributed by atoms with Gasteiger partial charge in [0.2, 0.25) is 0 Å². The molecule has 0 unspecified atom stereocenters. The molecule has 0 saturated carbocycles. The summed E-state index contributed by atoms with van der Waals surface area (Å²) < 4.78 is 14.7. The molecule has 0 aliphatic rings. The lowest BCUT2D eigenvalue weighted by Crippen LogP contribution is -2.17. The molecule has 90 valence electrons. The van der Waals surface area contributed by atoms with E-state index in [0.29, 0.717) is 11.1 Å². The number of hydrogen-bond acceptors (Lipinski definition) is 3. The molecule has 0 amide bonds. The monoisotopic (exact) mass is 243 g/mol. The molecule has 18 heavy (non-hydrogen) atoms. The largest absolute Gasteiger partial charge is 0.396 e. The second kappa shape index (κ2) is 4.34. The average Bonchev–Trinajstić information content (AvgIpc) is 2.36. The lowest BCUT2D eigenvalue weighted by Gasteiger charge is -2.07. The van der Waals surface area contributed by atoms with Crippen LogP contribution in [0.25, 0.3) is 11.1 Å². The Bertz CT molecular complexity index is 713. The fraction of sp³-hybridized carbons (Fsp3) is 0.0769. The van der Waals surface area contributed by atoms with Gasteiger partial charge in [0.1, 0.15) is 5.82 Å². The molecule has 0 bridgehead atoms. The second-order valence-electron chi connectivity index (χ2n) is 3.87. The van der Waals surface area contributed by atoms with E-state index in [-0.39, 0.29) is 16.8 Å². The summed E-state index contributed by atoms with van der Waals surface area (Å²) in [5, 5.41) is 8.99. The van der Waals surface area contributed by atoms with Crippen molar-refractivity contribution in [3.05, 3.63) is 52.2 Å². The molecule has 2 aromatic rings. The summed E-state index contributed by atoms with van der Waals surface area (Å²) in [5.41, 5.74) is 5.88. The number of nitrogens with two attached hydrogens (primary N) is 1. The van der Waals surface area contributed by atoms with Crippen LogP contribution >= 0.6 is 0 Å². The highest BCUT2D eigenvalue weighted by Crippen LogP contribution is 2.25. The molecule has 1 aromatic carbocycles. The Morgan fingerprint density at radius 1 is 1.39 bits per heavy atom. The first-order chi connectivity index (χ1) is 8.54. The molecule has 0 spiro atoms.